The Balaban J connectivity index is 1.95. The van der Waals surface area contributed by atoms with Gasteiger partial charge in [0.1, 0.15) is 0 Å². The topological polar surface area (TPSA) is 17.1 Å². The Labute approximate surface area is 101 Å². The zero-order chi connectivity index (χ0) is 11.7. The van der Waals surface area contributed by atoms with E-state index < -0.39 is 0 Å². The van der Waals surface area contributed by atoms with Crippen molar-refractivity contribution in [1.29, 1.82) is 0 Å². The van der Waals surface area contributed by atoms with Crippen LogP contribution in [0.5, 0.6) is 0 Å². The third kappa shape index (κ3) is 1.97. The van der Waals surface area contributed by atoms with Gasteiger partial charge in [0, 0.05) is 12.0 Å². The van der Waals surface area contributed by atoms with Crippen LogP contribution >= 0.6 is 0 Å². The molecule has 0 saturated heterocycles. The fourth-order valence-corrected chi connectivity index (χ4v) is 2.54. The van der Waals surface area contributed by atoms with Crippen molar-refractivity contribution in [3.05, 3.63) is 48.0 Å². The third-order valence-electron chi connectivity index (χ3n) is 3.79. The second-order valence-corrected chi connectivity index (χ2v) is 4.95. The normalized spacial score (nSPS) is 15.8. The van der Waals surface area contributed by atoms with Gasteiger partial charge in [-0.1, -0.05) is 61.7 Å². The van der Waals surface area contributed by atoms with E-state index in [1.807, 2.05) is 30.3 Å². The third-order valence-corrected chi connectivity index (χ3v) is 3.79. The van der Waals surface area contributed by atoms with Crippen LogP contribution < -0.4 is 0 Å². The molecule has 3 rings (SSSR count). The molecule has 0 radical (unpaired) electrons. The molecule has 0 spiro atoms. The monoisotopic (exact) mass is 224 g/mol. The van der Waals surface area contributed by atoms with Crippen LogP contribution in [0, 0.1) is 5.92 Å². The minimum Gasteiger partial charge on any atom is -0.294 e. The average Bonchev–Trinajstić information content (AvgIpc) is 2.33. The van der Waals surface area contributed by atoms with Crippen molar-refractivity contribution in [1.82, 2.24) is 0 Å². The van der Waals surface area contributed by atoms with Gasteiger partial charge in [0.25, 0.3) is 0 Å². The molecule has 17 heavy (non-hydrogen) atoms. The van der Waals surface area contributed by atoms with E-state index in [-0.39, 0.29) is 0 Å². The maximum absolute atomic E-state index is 12.3. The second-order valence-electron chi connectivity index (χ2n) is 4.95. The molecule has 1 nitrogen and oxygen atoms in total. The van der Waals surface area contributed by atoms with E-state index in [2.05, 4.69) is 12.1 Å². The Morgan fingerprint density at radius 3 is 2.59 bits per heavy atom. The molecule has 0 bridgehead atoms. The highest BCUT2D eigenvalue weighted by Crippen LogP contribution is 2.31. The van der Waals surface area contributed by atoms with Gasteiger partial charge in [0.15, 0.2) is 5.78 Å². The predicted octanol–water partition coefficient (Wildman–Crippen LogP) is 4.21. The van der Waals surface area contributed by atoms with E-state index in [4.69, 9.17) is 0 Å². The van der Waals surface area contributed by atoms with Crippen molar-refractivity contribution < 1.29 is 4.79 Å². The van der Waals surface area contributed by atoms with Crippen molar-refractivity contribution in [3.63, 3.8) is 0 Å². The first-order valence-corrected chi connectivity index (χ1v) is 6.35. The molecule has 2 aromatic carbocycles. The van der Waals surface area contributed by atoms with E-state index in [1.54, 1.807) is 0 Å². The predicted molar refractivity (Wildman–Crippen MR) is 70.2 cm³/mol. The van der Waals surface area contributed by atoms with E-state index in [1.165, 1.54) is 19.3 Å². The zero-order valence-corrected chi connectivity index (χ0v) is 9.86. The summed E-state index contributed by atoms with van der Waals surface area (Å²) >= 11 is 0. The first-order chi connectivity index (χ1) is 8.34. The number of fused-ring (bicyclic) bond motifs is 1. The van der Waals surface area contributed by atoms with E-state index in [9.17, 15) is 4.79 Å². The van der Waals surface area contributed by atoms with Crippen LogP contribution in [0.15, 0.2) is 42.5 Å². The first-order valence-electron chi connectivity index (χ1n) is 6.35. The largest absolute Gasteiger partial charge is 0.294 e. The summed E-state index contributed by atoms with van der Waals surface area (Å²) in [6.07, 6.45) is 4.49. The summed E-state index contributed by atoms with van der Waals surface area (Å²) in [7, 11) is 0. The summed E-state index contributed by atoms with van der Waals surface area (Å²) in [5.74, 6) is 0.952. The number of carbonyl (C=O) groups excluding carboxylic acids is 1. The molecular formula is C16H16O. The molecule has 1 aliphatic carbocycles. The summed E-state index contributed by atoms with van der Waals surface area (Å²) in [6, 6.07) is 14.1. The van der Waals surface area contributed by atoms with Gasteiger partial charge < -0.3 is 0 Å². The summed E-state index contributed by atoms with van der Waals surface area (Å²) in [5.41, 5.74) is 0.898. The Morgan fingerprint density at radius 2 is 1.82 bits per heavy atom. The second kappa shape index (κ2) is 4.33. The van der Waals surface area contributed by atoms with Crippen LogP contribution in [-0.4, -0.2) is 5.78 Å². The highest BCUT2D eigenvalue weighted by atomic mass is 16.1. The van der Waals surface area contributed by atoms with Gasteiger partial charge in [-0.2, -0.15) is 0 Å². The first kappa shape index (κ1) is 10.5. The SMILES string of the molecule is O=C(CC1CCC1)c1cccc2ccccc12. The molecule has 0 heterocycles. The molecule has 2 aromatic rings. The van der Waals surface area contributed by atoms with Crippen molar-refractivity contribution in [2.24, 2.45) is 5.92 Å². The smallest absolute Gasteiger partial charge is 0.163 e. The van der Waals surface area contributed by atoms with Crippen LogP contribution in [0.4, 0.5) is 0 Å². The standard InChI is InChI=1S/C16H16O/c17-16(11-12-5-3-6-12)15-10-4-8-13-7-1-2-9-14(13)15/h1-2,4,7-10,12H,3,5-6,11H2. The molecule has 0 unspecified atom stereocenters. The van der Waals surface area contributed by atoms with Gasteiger partial charge in [-0.05, 0) is 16.7 Å². The molecule has 1 fully saturated rings. The quantitative estimate of drug-likeness (QED) is 0.714. The molecule has 0 aliphatic heterocycles. The Morgan fingerprint density at radius 1 is 1.06 bits per heavy atom. The van der Waals surface area contributed by atoms with Gasteiger partial charge in [0.05, 0.1) is 0 Å². The van der Waals surface area contributed by atoms with Crippen LogP contribution in [0.25, 0.3) is 10.8 Å². The zero-order valence-electron chi connectivity index (χ0n) is 9.86. The van der Waals surface area contributed by atoms with Gasteiger partial charge in [-0.25, -0.2) is 0 Å². The molecule has 0 atom stereocenters. The summed E-state index contributed by atoms with van der Waals surface area (Å²) in [4.78, 5) is 12.3. The van der Waals surface area contributed by atoms with E-state index in [0.717, 1.165) is 22.8 Å². The Hall–Kier alpha value is -1.63. The van der Waals surface area contributed by atoms with E-state index >= 15 is 0 Å². The van der Waals surface area contributed by atoms with Crippen LogP contribution in [0.2, 0.25) is 0 Å². The number of rotatable bonds is 3. The van der Waals surface area contributed by atoms with Crippen LogP contribution in [-0.2, 0) is 0 Å². The molecule has 1 saturated carbocycles. The fraction of sp³-hybridized carbons (Fsp3) is 0.312. The van der Waals surface area contributed by atoms with Crippen LogP contribution in [0.1, 0.15) is 36.0 Å². The van der Waals surface area contributed by atoms with Crippen molar-refractivity contribution in [3.8, 4) is 0 Å². The van der Waals surface area contributed by atoms with Crippen LogP contribution in [0.3, 0.4) is 0 Å². The molecule has 0 amide bonds. The van der Waals surface area contributed by atoms with Gasteiger partial charge in [0.2, 0.25) is 0 Å². The average molecular weight is 224 g/mol. The van der Waals surface area contributed by atoms with Crippen molar-refractivity contribution in [2.75, 3.05) is 0 Å². The van der Waals surface area contributed by atoms with Gasteiger partial charge in [-0.15, -0.1) is 0 Å². The lowest BCUT2D eigenvalue weighted by atomic mass is 9.80. The maximum Gasteiger partial charge on any atom is 0.163 e. The highest BCUT2D eigenvalue weighted by molar-refractivity contribution is 6.08. The number of Topliss-reactive ketones (excluding diaryl/α,β-unsaturated/α-hetero) is 1. The molecule has 86 valence electrons. The molecule has 1 aliphatic rings. The van der Waals surface area contributed by atoms with Crippen molar-refractivity contribution >= 4 is 16.6 Å². The summed E-state index contributed by atoms with van der Waals surface area (Å²) in [6.45, 7) is 0. The fourth-order valence-electron chi connectivity index (χ4n) is 2.54. The highest BCUT2D eigenvalue weighted by Gasteiger charge is 2.21. The number of hydrogen-bond acceptors (Lipinski definition) is 1. The van der Waals surface area contributed by atoms with Gasteiger partial charge in [-0.3, -0.25) is 4.79 Å². The minimum absolute atomic E-state index is 0.312. The van der Waals surface area contributed by atoms with E-state index in [0.29, 0.717) is 11.7 Å². The lowest BCUT2D eigenvalue weighted by Gasteiger charge is -2.24. The maximum atomic E-state index is 12.3. The summed E-state index contributed by atoms with van der Waals surface area (Å²) in [5, 5.41) is 2.26. The molecule has 0 aromatic heterocycles. The Bertz CT molecular complexity index is 547. The minimum atomic E-state index is 0.312. The lowest BCUT2D eigenvalue weighted by molar-refractivity contribution is 0.0938. The summed E-state index contributed by atoms with van der Waals surface area (Å²) < 4.78 is 0. The number of benzene rings is 2. The van der Waals surface area contributed by atoms with Crippen molar-refractivity contribution in [2.45, 2.75) is 25.7 Å². The number of carbonyl (C=O) groups is 1. The molecular weight excluding hydrogens is 208 g/mol. The lowest BCUT2D eigenvalue weighted by Crippen LogP contribution is -2.16. The number of hydrogen-bond donors (Lipinski definition) is 0. The molecule has 1 heteroatoms. The van der Waals surface area contributed by atoms with Gasteiger partial charge >= 0.3 is 0 Å². The number of ketones is 1. The Kier molecular flexibility index (Phi) is 2.68. The molecule has 0 N–H and O–H groups in total.